The highest BCUT2D eigenvalue weighted by atomic mass is 16.5. The van der Waals surface area contributed by atoms with Crippen molar-refractivity contribution in [1.82, 2.24) is 4.90 Å². The molecule has 25 heavy (non-hydrogen) atoms. The number of amides is 1. The highest BCUT2D eigenvalue weighted by Gasteiger charge is 2.50. The van der Waals surface area contributed by atoms with Crippen LogP contribution in [0.1, 0.15) is 60.7 Å². The molecule has 0 aromatic heterocycles. The standard InChI is InChI=1S/C20H25NO4/c1-19(2)8-16-9-20(3,12-19)13-21(16)17(23)11-25-18(24)15-6-4-14(10-22)5-7-15/h4-7,10,16H,8-9,11-13H2,1-3H3. The van der Waals surface area contributed by atoms with Crippen molar-refractivity contribution in [1.29, 1.82) is 0 Å². The average molecular weight is 343 g/mol. The quantitative estimate of drug-likeness (QED) is 0.622. The smallest absolute Gasteiger partial charge is 0.338 e. The van der Waals surface area contributed by atoms with Gasteiger partial charge in [0.05, 0.1) is 5.56 Å². The number of aldehydes is 1. The molecule has 1 aliphatic heterocycles. The second kappa shape index (κ2) is 6.28. The van der Waals surface area contributed by atoms with Crippen LogP contribution >= 0.6 is 0 Å². The van der Waals surface area contributed by atoms with E-state index in [9.17, 15) is 14.4 Å². The first-order chi connectivity index (χ1) is 11.7. The summed E-state index contributed by atoms with van der Waals surface area (Å²) in [4.78, 5) is 37.2. The first kappa shape index (κ1) is 17.6. The molecule has 5 heteroatoms. The van der Waals surface area contributed by atoms with Crippen LogP contribution in [0.2, 0.25) is 0 Å². The zero-order chi connectivity index (χ0) is 18.2. The third-order valence-electron chi connectivity index (χ3n) is 5.34. The van der Waals surface area contributed by atoms with Crippen molar-refractivity contribution < 1.29 is 19.1 Å². The molecule has 0 spiro atoms. The molecule has 0 radical (unpaired) electrons. The van der Waals surface area contributed by atoms with Crippen molar-refractivity contribution in [2.75, 3.05) is 13.2 Å². The first-order valence-electron chi connectivity index (χ1n) is 8.73. The number of nitrogens with zero attached hydrogens (tertiary/aromatic N) is 1. The SMILES string of the molecule is CC1(C)CC2CC(C)(CN2C(=O)COC(=O)c2ccc(C=O)cc2)C1. The second-order valence-corrected chi connectivity index (χ2v) is 8.55. The third kappa shape index (κ3) is 3.75. The molecule has 134 valence electrons. The normalized spacial score (nSPS) is 27.0. The Balaban J connectivity index is 1.59. The Bertz CT molecular complexity index is 694. The van der Waals surface area contributed by atoms with Crippen LogP contribution in [0, 0.1) is 10.8 Å². The van der Waals surface area contributed by atoms with E-state index in [1.165, 1.54) is 12.1 Å². The van der Waals surface area contributed by atoms with Crippen molar-refractivity contribution in [3.63, 3.8) is 0 Å². The van der Waals surface area contributed by atoms with Crippen LogP contribution in [0.25, 0.3) is 0 Å². The van der Waals surface area contributed by atoms with E-state index in [2.05, 4.69) is 20.8 Å². The zero-order valence-corrected chi connectivity index (χ0v) is 15.1. The van der Waals surface area contributed by atoms with Gasteiger partial charge in [-0.2, -0.15) is 0 Å². The molecule has 1 saturated heterocycles. The Kier molecular flexibility index (Phi) is 4.43. The Morgan fingerprint density at radius 1 is 1.20 bits per heavy atom. The predicted octanol–water partition coefficient (Wildman–Crippen LogP) is 3.08. The van der Waals surface area contributed by atoms with Crippen molar-refractivity contribution in [3.8, 4) is 0 Å². The zero-order valence-electron chi connectivity index (χ0n) is 15.1. The second-order valence-electron chi connectivity index (χ2n) is 8.55. The first-order valence-corrected chi connectivity index (χ1v) is 8.73. The maximum Gasteiger partial charge on any atom is 0.338 e. The number of hydrogen-bond acceptors (Lipinski definition) is 4. The molecule has 1 aliphatic carbocycles. The van der Waals surface area contributed by atoms with Gasteiger partial charge in [-0.05, 0) is 42.2 Å². The molecule has 1 aromatic rings. The lowest BCUT2D eigenvalue weighted by molar-refractivity contribution is -0.135. The van der Waals surface area contributed by atoms with Gasteiger partial charge >= 0.3 is 5.97 Å². The maximum absolute atomic E-state index is 12.6. The number of rotatable bonds is 4. The highest BCUT2D eigenvalue weighted by Crippen LogP contribution is 2.52. The number of carbonyl (C=O) groups is 3. The van der Waals surface area contributed by atoms with Crippen molar-refractivity contribution in [2.24, 2.45) is 10.8 Å². The summed E-state index contributed by atoms with van der Waals surface area (Å²) in [7, 11) is 0. The molecule has 1 heterocycles. The Hall–Kier alpha value is -2.17. The summed E-state index contributed by atoms with van der Waals surface area (Å²) in [6.07, 6.45) is 3.86. The van der Waals surface area contributed by atoms with Crippen LogP contribution in [-0.2, 0) is 9.53 Å². The van der Waals surface area contributed by atoms with Crippen LogP contribution in [0.3, 0.4) is 0 Å². The molecular weight excluding hydrogens is 318 g/mol. The van der Waals surface area contributed by atoms with Crippen molar-refractivity contribution in [2.45, 2.75) is 46.1 Å². The molecular formula is C20H25NO4. The van der Waals surface area contributed by atoms with E-state index >= 15 is 0 Å². The molecule has 2 aliphatic rings. The van der Waals surface area contributed by atoms with E-state index < -0.39 is 5.97 Å². The lowest BCUT2D eigenvalue weighted by atomic mass is 9.65. The number of likely N-dealkylation sites (tertiary alicyclic amines) is 1. The number of esters is 1. The topological polar surface area (TPSA) is 63.7 Å². The van der Waals surface area contributed by atoms with Gasteiger partial charge in [-0.1, -0.05) is 32.9 Å². The molecule has 2 fully saturated rings. The van der Waals surface area contributed by atoms with Gasteiger partial charge in [0, 0.05) is 18.2 Å². The number of hydrogen-bond donors (Lipinski definition) is 0. The fourth-order valence-electron chi connectivity index (χ4n) is 4.74. The lowest BCUT2D eigenvalue weighted by Crippen LogP contribution is -2.39. The van der Waals surface area contributed by atoms with E-state index in [-0.39, 0.29) is 29.4 Å². The molecule has 2 unspecified atom stereocenters. The highest BCUT2D eigenvalue weighted by molar-refractivity contribution is 5.92. The Labute approximate surface area is 148 Å². The minimum absolute atomic E-state index is 0.121. The van der Waals surface area contributed by atoms with Crippen LogP contribution in [0.4, 0.5) is 0 Å². The summed E-state index contributed by atoms with van der Waals surface area (Å²) in [5.41, 5.74) is 1.24. The van der Waals surface area contributed by atoms with Crippen LogP contribution < -0.4 is 0 Å². The van der Waals surface area contributed by atoms with Gasteiger partial charge in [-0.15, -0.1) is 0 Å². The molecule has 1 aromatic carbocycles. The monoisotopic (exact) mass is 343 g/mol. The van der Waals surface area contributed by atoms with E-state index in [0.717, 1.165) is 25.8 Å². The fourth-order valence-corrected chi connectivity index (χ4v) is 4.74. The number of ether oxygens (including phenoxy) is 1. The Morgan fingerprint density at radius 2 is 1.88 bits per heavy atom. The van der Waals surface area contributed by atoms with Gasteiger partial charge in [0.25, 0.3) is 5.91 Å². The largest absolute Gasteiger partial charge is 0.452 e. The van der Waals surface area contributed by atoms with Gasteiger partial charge in [0.15, 0.2) is 6.61 Å². The van der Waals surface area contributed by atoms with Crippen molar-refractivity contribution >= 4 is 18.2 Å². The number of fused-ring (bicyclic) bond motifs is 2. The summed E-state index contributed by atoms with van der Waals surface area (Å²) in [6, 6.07) is 6.41. The van der Waals surface area contributed by atoms with Crippen LogP contribution in [-0.4, -0.2) is 42.3 Å². The fraction of sp³-hybridized carbons (Fsp3) is 0.550. The van der Waals surface area contributed by atoms with E-state index in [4.69, 9.17) is 4.74 Å². The average Bonchev–Trinajstić information content (AvgIpc) is 2.81. The van der Waals surface area contributed by atoms with E-state index in [1.54, 1.807) is 12.1 Å². The minimum atomic E-state index is -0.542. The van der Waals surface area contributed by atoms with Gasteiger partial charge in [-0.3, -0.25) is 9.59 Å². The lowest BCUT2D eigenvalue weighted by Gasteiger charge is -2.39. The van der Waals surface area contributed by atoms with Crippen LogP contribution in [0.15, 0.2) is 24.3 Å². The number of carbonyl (C=O) groups excluding carboxylic acids is 3. The molecule has 5 nitrogen and oxygen atoms in total. The van der Waals surface area contributed by atoms with Crippen LogP contribution in [0.5, 0.6) is 0 Å². The third-order valence-corrected chi connectivity index (χ3v) is 5.34. The Morgan fingerprint density at radius 3 is 2.52 bits per heavy atom. The summed E-state index contributed by atoms with van der Waals surface area (Å²) < 4.78 is 5.19. The summed E-state index contributed by atoms with van der Waals surface area (Å²) in [5.74, 6) is -0.663. The predicted molar refractivity (Wildman–Crippen MR) is 93.4 cm³/mol. The molecule has 0 N–H and O–H groups in total. The molecule has 1 amide bonds. The summed E-state index contributed by atoms with van der Waals surface area (Å²) in [5, 5.41) is 0. The van der Waals surface area contributed by atoms with Gasteiger partial charge in [-0.25, -0.2) is 4.79 Å². The van der Waals surface area contributed by atoms with Gasteiger partial charge in [0.2, 0.25) is 0 Å². The van der Waals surface area contributed by atoms with Gasteiger partial charge < -0.3 is 9.64 Å². The van der Waals surface area contributed by atoms with Gasteiger partial charge in [0.1, 0.15) is 6.29 Å². The molecule has 1 saturated carbocycles. The molecule has 2 bridgehead atoms. The van der Waals surface area contributed by atoms with Crippen molar-refractivity contribution in [3.05, 3.63) is 35.4 Å². The minimum Gasteiger partial charge on any atom is -0.452 e. The number of benzene rings is 1. The maximum atomic E-state index is 12.6. The molecule has 3 rings (SSSR count). The molecule has 2 atom stereocenters. The summed E-state index contributed by atoms with van der Waals surface area (Å²) in [6.45, 7) is 7.27. The van der Waals surface area contributed by atoms with E-state index in [0.29, 0.717) is 17.4 Å². The summed E-state index contributed by atoms with van der Waals surface area (Å²) >= 11 is 0. The van der Waals surface area contributed by atoms with E-state index in [1.807, 2.05) is 4.90 Å².